The molecule has 10 nitrogen and oxygen atoms in total. The lowest BCUT2D eigenvalue weighted by molar-refractivity contribution is -0.144. The van der Waals surface area contributed by atoms with Crippen molar-refractivity contribution in [3.63, 3.8) is 0 Å². The SMILES string of the molecule is C=CC(=O)[C@H](C[C@@H]1CCNC1=O)NC(=O)[C@@H]1[C@@H]2[C@H](CN1C(=O)[C@H](CC(C)C)NC(=O)CC(=O)CC)C2(C)C. The summed E-state index contributed by atoms with van der Waals surface area (Å²) in [5.41, 5.74) is -0.146. The first-order valence-electron chi connectivity index (χ1n) is 13.7. The average molecular weight is 531 g/mol. The molecule has 1 aliphatic carbocycles. The third-order valence-corrected chi connectivity index (χ3v) is 8.40. The Morgan fingerprint density at radius 1 is 1.16 bits per heavy atom. The first kappa shape index (κ1) is 29.5. The second-order valence-electron chi connectivity index (χ2n) is 11.9. The largest absolute Gasteiger partial charge is 0.356 e. The Labute approximate surface area is 224 Å². The zero-order valence-corrected chi connectivity index (χ0v) is 23.2. The number of fused-ring (bicyclic) bond motifs is 1. The molecule has 0 spiro atoms. The molecule has 38 heavy (non-hydrogen) atoms. The van der Waals surface area contributed by atoms with Gasteiger partial charge in [-0.05, 0) is 48.5 Å². The molecule has 0 unspecified atom stereocenters. The van der Waals surface area contributed by atoms with E-state index in [0.29, 0.717) is 25.9 Å². The topological polar surface area (TPSA) is 142 Å². The summed E-state index contributed by atoms with van der Waals surface area (Å²) in [4.78, 5) is 78.0. The molecule has 3 aliphatic rings. The van der Waals surface area contributed by atoms with Gasteiger partial charge in [-0.2, -0.15) is 0 Å². The summed E-state index contributed by atoms with van der Waals surface area (Å²) < 4.78 is 0. The monoisotopic (exact) mass is 530 g/mol. The van der Waals surface area contributed by atoms with Crippen LogP contribution in [0, 0.1) is 29.1 Å². The third-order valence-electron chi connectivity index (χ3n) is 8.40. The molecule has 6 atom stereocenters. The van der Waals surface area contributed by atoms with E-state index in [0.717, 1.165) is 6.08 Å². The maximum Gasteiger partial charge on any atom is 0.245 e. The van der Waals surface area contributed by atoms with Crippen molar-refractivity contribution in [3.05, 3.63) is 12.7 Å². The minimum Gasteiger partial charge on any atom is -0.356 e. The number of piperidine rings is 1. The minimum absolute atomic E-state index is 0.0825. The number of nitrogens with zero attached hydrogens (tertiary/aromatic N) is 1. The van der Waals surface area contributed by atoms with Crippen molar-refractivity contribution in [3.8, 4) is 0 Å². The summed E-state index contributed by atoms with van der Waals surface area (Å²) in [6.45, 7) is 14.1. The Bertz CT molecular complexity index is 1010. The molecule has 1 saturated carbocycles. The van der Waals surface area contributed by atoms with Crippen molar-refractivity contribution in [1.82, 2.24) is 20.9 Å². The molecule has 3 rings (SSSR count). The molecule has 2 saturated heterocycles. The fourth-order valence-electron chi connectivity index (χ4n) is 6.06. The molecule has 10 heteroatoms. The van der Waals surface area contributed by atoms with Gasteiger partial charge in [0.2, 0.25) is 23.6 Å². The van der Waals surface area contributed by atoms with Crippen LogP contribution >= 0.6 is 0 Å². The number of hydrogen-bond acceptors (Lipinski definition) is 6. The van der Waals surface area contributed by atoms with Gasteiger partial charge in [-0.3, -0.25) is 28.8 Å². The van der Waals surface area contributed by atoms with E-state index in [1.54, 1.807) is 6.92 Å². The Hall–Kier alpha value is -3.04. The first-order valence-corrected chi connectivity index (χ1v) is 13.7. The van der Waals surface area contributed by atoms with Crippen molar-refractivity contribution in [2.24, 2.45) is 29.1 Å². The van der Waals surface area contributed by atoms with Gasteiger partial charge in [0, 0.05) is 25.4 Å². The summed E-state index contributed by atoms with van der Waals surface area (Å²) in [6, 6.07) is -2.59. The molecule has 4 amide bonds. The lowest BCUT2D eigenvalue weighted by Gasteiger charge is -2.34. The predicted molar refractivity (Wildman–Crippen MR) is 140 cm³/mol. The third kappa shape index (κ3) is 6.32. The second kappa shape index (κ2) is 11.8. The van der Waals surface area contributed by atoms with Crippen LogP contribution in [0.2, 0.25) is 0 Å². The van der Waals surface area contributed by atoms with Crippen LogP contribution in [0.4, 0.5) is 0 Å². The molecule has 3 N–H and O–H groups in total. The van der Waals surface area contributed by atoms with Gasteiger partial charge in [-0.15, -0.1) is 0 Å². The van der Waals surface area contributed by atoms with Gasteiger partial charge >= 0.3 is 0 Å². The van der Waals surface area contributed by atoms with E-state index < -0.39 is 29.9 Å². The molecule has 0 aromatic carbocycles. The van der Waals surface area contributed by atoms with Gasteiger partial charge in [0.05, 0.1) is 12.5 Å². The van der Waals surface area contributed by atoms with Crippen LogP contribution in [-0.2, 0) is 28.8 Å². The number of likely N-dealkylation sites (tertiary alicyclic amines) is 1. The van der Waals surface area contributed by atoms with E-state index in [-0.39, 0.29) is 71.7 Å². The number of amides is 4. The lowest BCUT2D eigenvalue weighted by atomic mass is 9.94. The number of rotatable bonds is 13. The van der Waals surface area contributed by atoms with Crippen LogP contribution in [0.1, 0.15) is 66.7 Å². The highest BCUT2D eigenvalue weighted by molar-refractivity contribution is 6.01. The predicted octanol–water partition coefficient (Wildman–Crippen LogP) is 1.14. The van der Waals surface area contributed by atoms with Gasteiger partial charge in [-0.1, -0.05) is 41.2 Å². The van der Waals surface area contributed by atoms with Crippen molar-refractivity contribution >= 4 is 35.2 Å². The summed E-state index contributed by atoms with van der Waals surface area (Å²) in [5, 5.41) is 8.30. The van der Waals surface area contributed by atoms with Gasteiger partial charge in [0.25, 0.3) is 0 Å². The van der Waals surface area contributed by atoms with Crippen molar-refractivity contribution < 1.29 is 28.8 Å². The van der Waals surface area contributed by atoms with E-state index in [2.05, 4.69) is 36.4 Å². The van der Waals surface area contributed by atoms with E-state index in [1.165, 1.54) is 4.90 Å². The molecule has 0 radical (unpaired) electrons. The highest BCUT2D eigenvalue weighted by atomic mass is 16.2. The number of ketones is 2. The van der Waals surface area contributed by atoms with Gasteiger partial charge in [-0.25, -0.2) is 0 Å². The molecule has 2 aliphatic heterocycles. The highest BCUT2D eigenvalue weighted by Crippen LogP contribution is 2.65. The van der Waals surface area contributed by atoms with Crippen LogP contribution in [-0.4, -0.2) is 71.3 Å². The number of nitrogens with one attached hydrogen (secondary N) is 3. The fourth-order valence-corrected chi connectivity index (χ4v) is 6.06. The zero-order valence-electron chi connectivity index (χ0n) is 23.2. The van der Waals surface area contributed by atoms with Crippen LogP contribution in [0.25, 0.3) is 0 Å². The summed E-state index contributed by atoms with van der Waals surface area (Å²) in [6.07, 6.45) is 2.20. The lowest BCUT2D eigenvalue weighted by Crippen LogP contribution is -2.57. The molecular weight excluding hydrogens is 488 g/mol. The smallest absolute Gasteiger partial charge is 0.245 e. The van der Waals surface area contributed by atoms with E-state index in [4.69, 9.17) is 0 Å². The number of hydrogen-bond donors (Lipinski definition) is 3. The van der Waals surface area contributed by atoms with Crippen LogP contribution in [0.5, 0.6) is 0 Å². The second-order valence-corrected chi connectivity index (χ2v) is 11.9. The van der Waals surface area contributed by atoms with Gasteiger partial charge in [0.1, 0.15) is 17.9 Å². The highest BCUT2D eigenvalue weighted by Gasteiger charge is 2.69. The Kier molecular flexibility index (Phi) is 9.15. The standard InChI is InChI=1S/C28H42N4O6/c1-7-17(33)13-22(35)30-20(11-15(3)4)27(38)32-14-18-23(28(18,5)6)24(32)26(37)31-19(21(34)8-2)12-16-9-10-29-25(16)36/h8,15-16,18-20,23-24H,2,7,9-14H2,1,3-6H3,(H,29,36)(H,30,35)(H,31,37)/t16-,18-,19-,20-,23-,24-/m0/s1. The maximum atomic E-state index is 13.8. The van der Waals surface area contributed by atoms with E-state index in [1.807, 2.05) is 13.8 Å². The van der Waals surface area contributed by atoms with Crippen molar-refractivity contribution in [2.75, 3.05) is 13.1 Å². The molecule has 3 fully saturated rings. The number of Topliss-reactive ketones (excluding diaryl/α,β-unsaturated/α-hetero) is 1. The quantitative estimate of drug-likeness (QED) is 0.241. The van der Waals surface area contributed by atoms with Crippen molar-refractivity contribution in [2.45, 2.75) is 84.8 Å². The van der Waals surface area contributed by atoms with Gasteiger partial charge < -0.3 is 20.9 Å². The summed E-state index contributed by atoms with van der Waals surface area (Å²) in [7, 11) is 0. The Balaban J connectivity index is 1.80. The number of carbonyl (C=O) groups excluding carboxylic acids is 6. The molecule has 0 aromatic rings. The molecule has 0 aromatic heterocycles. The maximum absolute atomic E-state index is 13.8. The van der Waals surface area contributed by atoms with Crippen molar-refractivity contribution in [1.29, 1.82) is 0 Å². The molecular formula is C28H42N4O6. The van der Waals surface area contributed by atoms with Crippen LogP contribution in [0.3, 0.4) is 0 Å². The summed E-state index contributed by atoms with van der Waals surface area (Å²) >= 11 is 0. The van der Waals surface area contributed by atoms with Gasteiger partial charge in [0.15, 0.2) is 5.78 Å². The zero-order chi connectivity index (χ0) is 28.4. The van der Waals surface area contributed by atoms with E-state index >= 15 is 0 Å². The summed E-state index contributed by atoms with van der Waals surface area (Å²) in [5.74, 6) is -2.31. The average Bonchev–Trinajstić information content (AvgIpc) is 3.20. The van der Waals surface area contributed by atoms with E-state index in [9.17, 15) is 28.8 Å². The minimum atomic E-state index is -0.919. The normalized spacial score (nSPS) is 26.7. The molecule has 2 heterocycles. The Morgan fingerprint density at radius 3 is 2.39 bits per heavy atom. The Morgan fingerprint density at radius 2 is 1.84 bits per heavy atom. The number of carbonyl (C=O) groups is 6. The first-order chi connectivity index (χ1) is 17.8. The fraction of sp³-hybridized carbons (Fsp3) is 0.714. The molecule has 210 valence electrons. The van der Waals surface area contributed by atoms with Crippen LogP contribution < -0.4 is 16.0 Å². The van der Waals surface area contributed by atoms with Crippen LogP contribution in [0.15, 0.2) is 12.7 Å². The molecule has 0 bridgehead atoms.